The predicted octanol–water partition coefficient (Wildman–Crippen LogP) is 3.49. The summed E-state index contributed by atoms with van der Waals surface area (Å²) in [4.78, 5) is 28.9. The molecule has 0 aliphatic carbocycles. The molecule has 0 radical (unpaired) electrons. The minimum atomic E-state index is -4.42. The molecule has 0 bridgehead atoms. The van der Waals surface area contributed by atoms with Gasteiger partial charge >= 0.3 is 6.18 Å². The second-order valence-corrected chi connectivity index (χ2v) is 8.08. The Morgan fingerprint density at radius 1 is 1.19 bits per heavy atom. The maximum Gasteiger partial charge on any atom is 0.416 e. The number of benzene rings is 2. The van der Waals surface area contributed by atoms with Crippen LogP contribution < -0.4 is 15.5 Å². The number of fused-ring (bicyclic) bond motifs is 3. The van der Waals surface area contributed by atoms with Crippen LogP contribution in [0, 0.1) is 0 Å². The number of anilines is 2. The number of hydrogen-bond acceptors (Lipinski definition) is 4. The SMILES string of the molecule is CCCNC(=O)c1ccc2c(c1)NC(=O)C1CN(Cc3ccccc3C(F)(F)F)CCN21. The van der Waals surface area contributed by atoms with Crippen molar-refractivity contribution in [3.05, 3.63) is 59.2 Å². The molecule has 2 amide bonds. The van der Waals surface area contributed by atoms with Crippen LogP contribution >= 0.6 is 0 Å². The lowest BCUT2D eigenvalue weighted by Gasteiger charge is -2.45. The van der Waals surface area contributed by atoms with E-state index in [1.54, 1.807) is 18.2 Å². The Morgan fingerprint density at radius 2 is 1.97 bits per heavy atom. The summed E-state index contributed by atoms with van der Waals surface area (Å²) in [5.41, 5.74) is 1.42. The van der Waals surface area contributed by atoms with Crippen molar-refractivity contribution in [2.24, 2.45) is 0 Å². The topological polar surface area (TPSA) is 64.7 Å². The number of hydrogen-bond donors (Lipinski definition) is 2. The van der Waals surface area contributed by atoms with Crippen LogP contribution in [0.5, 0.6) is 0 Å². The monoisotopic (exact) mass is 446 g/mol. The molecule has 170 valence electrons. The highest BCUT2D eigenvalue weighted by molar-refractivity contribution is 6.06. The fourth-order valence-electron chi connectivity index (χ4n) is 4.26. The lowest BCUT2D eigenvalue weighted by molar-refractivity contribution is -0.138. The first-order chi connectivity index (χ1) is 15.3. The van der Waals surface area contributed by atoms with Gasteiger partial charge in [-0.25, -0.2) is 0 Å². The zero-order chi connectivity index (χ0) is 22.9. The third kappa shape index (κ3) is 4.43. The molecule has 2 heterocycles. The summed E-state index contributed by atoms with van der Waals surface area (Å²) < 4.78 is 40.0. The van der Waals surface area contributed by atoms with Crippen LogP contribution in [-0.4, -0.2) is 48.9 Å². The van der Waals surface area contributed by atoms with E-state index in [0.717, 1.165) is 18.2 Å². The molecule has 2 aliphatic heterocycles. The number of amides is 2. The van der Waals surface area contributed by atoms with Gasteiger partial charge in [-0.1, -0.05) is 25.1 Å². The summed E-state index contributed by atoms with van der Waals surface area (Å²) in [5, 5.41) is 5.68. The highest BCUT2D eigenvalue weighted by Gasteiger charge is 2.39. The summed E-state index contributed by atoms with van der Waals surface area (Å²) in [6.07, 6.45) is -3.59. The van der Waals surface area contributed by atoms with E-state index in [2.05, 4.69) is 10.6 Å². The van der Waals surface area contributed by atoms with E-state index in [0.29, 0.717) is 37.4 Å². The molecule has 0 spiro atoms. The molecular formula is C23H25F3N4O2. The van der Waals surface area contributed by atoms with E-state index in [1.807, 2.05) is 22.8 Å². The maximum absolute atomic E-state index is 13.3. The minimum Gasteiger partial charge on any atom is -0.355 e. The smallest absolute Gasteiger partial charge is 0.355 e. The normalized spacial score (nSPS) is 18.6. The second kappa shape index (κ2) is 8.82. The van der Waals surface area contributed by atoms with Gasteiger partial charge in [0.25, 0.3) is 5.91 Å². The van der Waals surface area contributed by atoms with E-state index in [-0.39, 0.29) is 23.9 Å². The summed E-state index contributed by atoms with van der Waals surface area (Å²) in [6, 6.07) is 10.3. The fraction of sp³-hybridized carbons (Fsp3) is 0.391. The van der Waals surface area contributed by atoms with Gasteiger partial charge in [0.2, 0.25) is 5.91 Å². The van der Waals surface area contributed by atoms with Gasteiger partial charge in [-0.15, -0.1) is 0 Å². The molecule has 1 saturated heterocycles. The van der Waals surface area contributed by atoms with Crippen molar-refractivity contribution in [2.45, 2.75) is 32.1 Å². The standard InChI is InChI=1S/C23H25F3N4O2/c1-2-9-27-21(31)15-7-8-19-18(12-15)28-22(32)20-14-29(10-11-30(19)20)13-16-5-3-4-6-17(16)23(24,25)26/h3-8,12,20H,2,9-11,13-14H2,1H3,(H,27,31)(H,28,32). The van der Waals surface area contributed by atoms with Gasteiger partial charge in [0.1, 0.15) is 6.04 Å². The average molecular weight is 446 g/mol. The molecule has 9 heteroatoms. The Bertz CT molecular complexity index is 1020. The second-order valence-electron chi connectivity index (χ2n) is 8.08. The first-order valence-corrected chi connectivity index (χ1v) is 10.6. The first kappa shape index (κ1) is 22.1. The van der Waals surface area contributed by atoms with E-state index < -0.39 is 17.8 Å². The van der Waals surface area contributed by atoms with Crippen LogP contribution in [0.4, 0.5) is 24.5 Å². The molecular weight excluding hydrogens is 421 g/mol. The lowest BCUT2D eigenvalue weighted by atomic mass is 10.0. The third-order valence-corrected chi connectivity index (χ3v) is 5.85. The van der Waals surface area contributed by atoms with E-state index in [4.69, 9.17) is 0 Å². The van der Waals surface area contributed by atoms with Gasteiger partial charge in [-0.3, -0.25) is 14.5 Å². The van der Waals surface area contributed by atoms with E-state index in [9.17, 15) is 22.8 Å². The Hall–Kier alpha value is -3.07. The number of piperazine rings is 1. The number of halogens is 3. The molecule has 1 atom stereocenters. The molecule has 6 nitrogen and oxygen atoms in total. The van der Waals surface area contributed by atoms with Crippen molar-refractivity contribution in [3.63, 3.8) is 0 Å². The molecule has 2 aromatic rings. The number of nitrogens with zero attached hydrogens (tertiary/aromatic N) is 2. The van der Waals surface area contributed by atoms with Gasteiger partial charge in [-0.05, 0) is 36.2 Å². The average Bonchev–Trinajstić information content (AvgIpc) is 2.77. The van der Waals surface area contributed by atoms with Crippen molar-refractivity contribution in [2.75, 3.05) is 36.4 Å². The fourth-order valence-corrected chi connectivity index (χ4v) is 4.26. The Morgan fingerprint density at radius 3 is 2.72 bits per heavy atom. The number of nitrogens with one attached hydrogen (secondary N) is 2. The molecule has 1 unspecified atom stereocenters. The van der Waals surface area contributed by atoms with Crippen molar-refractivity contribution < 1.29 is 22.8 Å². The molecule has 0 aromatic heterocycles. The number of rotatable bonds is 5. The summed E-state index contributed by atoms with van der Waals surface area (Å²) >= 11 is 0. The van der Waals surface area contributed by atoms with Crippen LogP contribution in [0.3, 0.4) is 0 Å². The highest BCUT2D eigenvalue weighted by Crippen LogP contribution is 2.36. The Balaban J connectivity index is 1.50. The zero-order valence-corrected chi connectivity index (χ0v) is 17.7. The minimum absolute atomic E-state index is 0.122. The number of alkyl halides is 3. The molecule has 1 fully saturated rings. The van der Waals surface area contributed by atoms with E-state index >= 15 is 0 Å². The van der Waals surface area contributed by atoms with E-state index in [1.165, 1.54) is 12.1 Å². The van der Waals surface area contributed by atoms with Crippen molar-refractivity contribution in [1.29, 1.82) is 0 Å². The molecule has 2 aliphatic rings. The molecule has 2 aromatic carbocycles. The summed E-state index contributed by atoms with van der Waals surface area (Å²) in [5.74, 6) is -0.420. The largest absolute Gasteiger partial charge is 0.416 e. The van der Waals surface area contributed by atoms with Crippen LogP contribution in [-0.2, 0) is 17.5 Å². The van der Waals surface area contributed by atoms with Crippen molar-refractivity contribution >= 4 is 23.2 Å². The quantitative estimate of drug-likeness (QED) is 0.738. The van der Waals surface area contributed by atoms with Crippen LogP contribution in [0.25, 0.3) is 0 Å². The lowest BCUT2D eigenvalue weighted by Crippen LogP contribution is -2.59. The van der Waals surface area contributed by atoms with Gasteiger partial charge < -0.3 is 15.5 Å². The van der Waals surface area contributed by atoms with Crippen LogP contribution in [0.15, 0.2) is 42.5 Å². The maximum atomic E-state index is 13.3. The highest BCUT2D eigenvalue weighted by atomic mass is 19.4. The van der Waals surface area contributed by atoms with Gasteiger partial charge in [0.15, 0.2) is 0 Å². The number of carbonyl (C=O) groups excluding carboxylic acids is 2. The van der Waals surface area contributed by atoms with Crippen LogP contribution in [0.2, 0.25) is 0 Å². The molecule has 4 rings (SSSR count). The Kier molecular flexibility index (Phi) is 6.10. The number of carbonyl (C=O) groups is 2. The van der Waals surface area contributed by atoms with Crippen LogP contribution in [0.1, 0.15) is 34.8 Å². The first-order valence-electron chi connectivity index (χ1n) is 10.6. The zero-order valence-electron chi connectivity index (χ0n) is 17.7. The Labute approximate surface area is 184 Å². The summed E-state index contributed by atoms with van der Waals surface area (Å²) in [7, 11) is 0. The molecule has 2 N–H and O–H groups in total. The summed E-state index contributed by atoms with van der Waals surface area (Å²) in [6.45, 7) is 4.00. The molecule has 32 heavy (non-hydrogen) atoms. The predicted molar refractivity (Wildman–Crippen MR) is 116 cm³/mol. The third-order valence-electron chi connectivity index (χ3n) is 5.85. The van der Waals surface area contributed by atoms with Crippen molar-refractivity contribution in [3.8, 4) is 0 Å². The van der Waals surface area contributed by atoms with Gasteiger partial charge in [0, 0.05) is 38.3 Å². The van der Waals surface area contributed by atoms with Gasteiger partial charge in [0.05, 0.1) is 16.9 Å². The van der Waals surface area contributed by atoms with Gasteiger partial charge in [-0.2, -0.15) is 13.2 Å². The van der Waals surface area contributed by atoms with Crippen molar-refractivity contribution in [1.82, 2.24) is 10.2 Å². The molecule has 0 saturated carbocycles.